The van der Waals surface area contributed by atoms with Gasteiger partial charge in [0.2, 0.25) is 0 Å². The number of rotatable bonds is 33. The van der Waals surface area contributed by atoms with Crippen molar-refractivity contribution in [3.05, 3.63) is 50.6 Å². The SMILES string of the molecule is C=CC(=O)OCC(COC)(COC(=O)C=C)COC(=O)CCCCCCCCCCCCC(=O)OCC(COC)(COC(=O)C=C)COC(=O)C=C. The molecule has 14 heteroatoms. The van der Waals surface area contributed by atoms with Crippen LogP contribution in [0, 0.1) is 10.8 Å². The van der Waals surface area contributed by atoms with Crippen LogP contribution in [0.2, 0.25) is 0 Å². The summed E-state index contributed by atoms with van der Waals surface area (Å²) in [5, 5.41) is 0. The average Bonchev–Trinajstić information content (AvgIpc) is 3.15. The molecule has 0 aromatic heterocycles. The van der Waals surface area contributed by atoms with Gasteiger partial charge in [0.1, 0.15) is 39.6 Å². The van der Waals surface area contributed by atoms with Crippen molar-refractivity contribution in [2.75, 3.05) is 67.1 Å². The van der Waals surface area contributed by atoms with E-state index in [1.165, 1.54) is 14.2 Å². The Bertz CT molecular complexity index is 1010. The van der Waals surface area contributed by atoms with Gasteiger partial charge in [-0.1, -0.05) is 77.7 Å². The number of esters is 6. The average molecular weight is 739 g/mol. The lowest BCUT2D eigenvalue weighted by molar-refractivity contribution is -0.165. The van der Waals surface area contributed by atoms with Crippen LogP contribution >= 0.6 is 0 Å². The molecule has 0 N–H and O–H groups in total. The van der Waals surface area contributed by atoms with Gasteiger partial charge in [-0.15, -0.1) is 0 Å². The molecule has 294 valence electrons. The Labute approximate surface area is 307 Å². The van der Waals surface area contributed by atoms with Crippen molar-refractivity contribution in [2.45, 2.75) is 77.0 Å². The summed E-state index contributed by atoms with van der Waals surface area (Å²) in [6, 6.07) is 0. The predicted molar refractivity (Wildman–Crippen MR) is 191 cm³/mol. The minimum Gasteiger partial charge on any atom is -0.465 e. The van der Waals surface area contributed by atoms with E-state index in [1.54, 1.807) is 0 Å². The lowest BCUT2D eigenvalue weighted by atomic mass is 9.92. The maximum Gasteiger partial charge on any atom is 0.330 e. The molecule has 0 aliphatic carbocycles. The molecule has 0 atom stereocenters. The molecular formula is C38H58O14. The Balaban J connectivity index is 4.34. The normalized spacial score (nSPS) is 11.0. The minimum absolute atomic E-state index is 0.00746. The largest absolute Gasteiger partial charge is 0.465 e. The van der Waals surface area contributed by atoms with Crippen molar-refractivity contribution in [3.8, 4) is 0 Å². The first-order chi connectivity index (χ1) is 24.9. The summed E-state index contributed by atoms with van der Waals surface area (Å²) < 4.78 is 42.0. The third-order valence-electron chi connectivity index (χ3n) is 7.74. The molecule has 0 heterocycles. The van der Waals surface area contributed by atoms with E-state index < -0.39 is 46.6 Å². The van der Waals surface area contributed by atoms with Crippen LogP contribution in [0.5, 0.6) is 0 Å². The first-order valence-corrected chi connectivity index (χ1v) is 17.4. The van der Waals surface area contributed by atoms with Gasteiger partial charge < -0.3 is 37.9 Å². The van der Waals surface area contributed by atoms with Gasteiger partial charge in [-0.2, -0.15) is 0 Å². The molecule has 0 saturated carbocycles. The third kappa shape index (κ3) is 23.2. The van der Waals surface area contributed by atoms with E-state index in [-0.39, 0.29) is 65.7 Å². The molecule has 0 saturated heterocycles. The van der Waals surface area contributed by atoms with Gasteiger partial charge in [0.25, 0.3) is 0 Å². The van der Waals surface area contributed by atoms with Crippen LogP contribution in [0.15, 0.2) is 50.6 Å². The fourth-order valence-corrected chi connectivity index (χ4v) is 4.81. The van der Waals surface area contributed by atoms with E-state index in [1.807, 2.05) is 0 Å². The van der Waals surface area contributed by atoms with Gasteiger partial charge in [0, 0.05) is 51.4 Å². The monoisotopic (exact) mass is 738 g/mol. The molecular weight excluding hydrogens is 680 g/mol. The molecule has 0 spiro atoms. The number of unbranched alkanes of at least 4 members (excludes halogenated alkanes) is 9. The molecule has 0 bridgehead atoms. The van der Waals surface area contributed by atoms with Crippen molar-refractivity contribution in [2.24, 2.45) is 10.8 Å². The van der Waals surface area contributed by atoms with Crippen molar-refractivity contribution in [1.82, 2.24) is 0 Å². The number of methoxy groups -OCH3 is 2. The van der Waals surface area contributed by atoms with Crippen molar-refractivity contribution in [3.63, 3.8) is 0 Å². The van der Waals surface area contributed by atoms with Crippen molar-refractivity contribution >= 4 is 35.8 Å². The number of hydrogen-bond acceptors (Lipinski definition) is 14. The van der Waals surface area contributed by atoms with Crippen molar-refractivity contribution in [1.29, 1.82) is 0 Å². The topological polar surface area (TPSA) is 176 Å². The van der Waals surface area contributed by atoms with Gasteiger partial charge in [-0.25, -0.2) is 19.2 Å². The van der Waals surface area contributed by atoms with E-state index in [0.717, 1.165) is 75.7 Å². The number of hydrogen-bond donors (Lipinski definition) is 0. The summed E-state index contributed by atoms with van der Waals surface area (Å²) in [4.78, 5) is 71.4. The van der Waals surface area contributed by atoms with E-state index in [0.29, 0.717) is 12.8 Å². The van der Waals surface area contributed by atoms with Crippen LogP contribution in [-0.2, 0) is 66.7 Å². The number of carbonyl (C=O) groups is 6. The smallest absolute Gasteiger partial charge is 0.330 e. The molecule has 14 nitrogen and oxygen atoms in total. The third-order valence-corrected chi connectivity index (χ3v) is 7.74. The highest BCUT2D eigenvalue weighted by Gasteiger charge is 2.37. The van der Waals surface area contributed by atoms with Crippen LogP contribution in [0.25, 0.3) is 0 Å². The second kappa shape index (κ2) is 29.3. The second-order valence-electron chi connectivity index (χ2n) is 12.5. The highest BCUT2D eigenvalue weighted by molar-refractivity contribution is 5.82. The van der Waals surface area contributed by atoms with Crippen molar-refractivity contribution < 1.29 is 66.7 Å². The molecule has 0 unspecified atom stereocenters. The number of carbonyl (C=O) groups excluding carboxylic acids is 6. The fourth-order valence-electron chi connectivity index (χ4n) is 4.81. The Hall–Kier alpha value is -4.30. The second-order valence-corrected chi connectivity index (χ2v) is 12.5. The summed E-state index contributed by atoms with van der Waals surface area (Å²) in [6.07, 6.45) is 13.7. The van der Waals surface area contributed by atoms with Crippen LogP contribution in [0.1, 0.15) is 77.0 Å². The number of ether oxygens (including phenoxy) is 8. The zero-order chi connectivity index (χ0) is 39.1. The molecule has 0 aliphatic rings. The Morgan fingerprint density at radius 3 is 0.846 bits per heavy atom. The van der Waals surface area contributed by atoms with Gasteiger partial charge in [0.15, 0.2) is 0 Å². The Morgan fingerprint density at radius 2 is 0.615 bits per heavy atom. The standard InChI is InChI=1S/C38H58O14/c1-7-31(39)47-25-37(23-45-5,26-48-32(40)8-2)29-51-35(43)21-19-17-15-13-11-12-14-16-18-20-22-36(44)52-30-38(24-46-6,27-49-33(41)9-3)28-50-34(42)10-4/h7-10H,1-4,11-30H2,5-6H3. The lowest BCUT2D eigenvalue weighted by Crippen LogP contribution is -2.43. The zero-order valence-corrected chi connectivity index (χ0v) is 31.0. The van der Waals surface area contributed by atoms with E-state index in [9.17, 15) is 28.8 Å². The molecule has 0 aliphatic heterocycles. The molecule has 0 radical (unpaired) electrons. The summed E-state index contributed by atoms with van der Waals surface area (Å²) in [7, 11) is 2.87. The first-order valence-electron chi connectivity index (χ1n) is 17.4. The van der Waals surface area contributed by atoms with E-state index in [4.69, 9.17) is 37.9 Å². The maximum absolute atomic E-state index is 12.4. The predicted octanol–water partition coefficient (Wildman–Crippen LogP) is 4.94. The summed E-state index contributed by atoms with van der Waals surface area (Å²) in [6.45, 7) is 12.3. The van der Waals surface area contributed by atoms with E-state index >= 15 is 0 Å². The lowest BCUT2D eigenvalue weighted by Gasteiger charge is -2.31. The first kappa shape index (κ1) is 47.7. The van der Waals surface area contributed by atoms with Crippen LogP contribution in [0.4, 0.5) is 0 Å². The van der Waals surface area contributed by atoms with Crippen LogP contribution in [0.3, 0.4) is 0 Å². The quantitative estimate of drug-likeness (QED) is 0.0383. The van der Waals surface area contributed by atoms with Gasteiger partial charge >= 0.3 is 35.8 Å². The molecule has 52 heavy (non-hydrogen) atoms. The summed E-state index contributed by atoms with van der Waals surface area (Å²) >= 11 is 0. The van der Waals surface area contributed by atoms with Crippen LogP contribution in [-0.4, -0.2) is 103 Å². The van der Waals surface area contributed by atoms with E-state index in [2.05, 4.69) is 26.3 Å². The fraction of sp³-hybridized carbons (Fsp3) is 0.632. The molecule has 0 rings (SSSR count). The molecule has 0 fully saturated rings. The minimum atomic E-state index is -1.09. The van der Waals surface area contributed by atoms with Crippen LogP contribution < -0.4 is 0 Å². The zero-order valence-electron chi connectivity index (χ0n) is 31.0. The Kier molecular flexibility index (Phi) is 26.9. The van der Waals surface area contributed by atoms with Gasteiger partial charge in [-0.3, -0.25) is 9.59 Å². The Morgan fingerprint density at radius 1 is 0.385 bits per heavy atom. The van der Waals surface area contributed by atoms with Gasteiger partial charge in [0.05, 0.1) is 24.0 Å². The summed E-state index contributed by atoms with van der Waals surface area (Å²) in [5.74, 6) is -3.50. The molecule has 0 amide bonds. The molecule has 0 aromatic carbocycles. The summed E-state index contributed by atoms with van der Waals surface area (Å²) in [5.41, 5.74) is -2.17. The maximum atomic E-state index is 12.4. The van der Waals surface area contributed by atoms with Gasteiger partial charge in [-0.05, 0) is 12.8 Å². The molecule has 0 aromatic rings. The highest BCUT2D eigenvalue weighted by atomic mass is 16.6. The highest BCUT2D eigenvalue weighted by Crippen LogP contribution is 2.23.